The lowest BCUT2D eigenvalue weighted by Gasteiger charge is -2.38. The molecule has 0 aliphatic heterocycles. The second-order valence-electron chi connectivity index (χ2n) is 6.05. The quantitative estimate of drug-likeness (QED) is 0.752. The molecule has 1 aliphatic rings. The first-order chi connectivity index (χ1) is 10.3. The van der Waals surface area contributed by atoms with Gasteiger partial charge in [-0.1, -0.05) is 30.3 Å². The van der Waals surface area contributed by atoms with Crippen molar-refractivity contribution in [2.24, 2.45) is 5.92 Å². The molecular weight excluding hydrogens is 260 g/mol. The van der Waals surface area contributed by atoms with Crippen molar-refractivity contribution in [2.75, 3.05) is 27.3 Å². The van der Waals surface area contributed by atoms with Gasteiger partial charge in [-0.3, -0.25) is 0 Å². The van der Waals surface area contributed by atoms with Gasteiger partial charge in [0.05, 0.1) is 12.0 Å². The summed E-state index contributed by atoms with van der Waals surface area (Å²) in [6.07, 6.45) is 4.25. The molecule has 3 atom stereocenters. The van der Waals surface area contributed by atoms with E-state index in [4.69, 9.17) is 4.74 Å². The number of methoxy groups -OCH3 is 1. The summed E-state index contributed by atoms with van der Waals surface area (Å²) < 4.78 is 5.13. The molecule has 2 rings (SSSR count). The predicted octanol–water partition coefficient (Wildman–Crippen LogP) is 3.43. The lowest BCUT2D eigenvalue weighted by Crippen LogP contribution is -2.42. The zero-order valence-electron chi connectivity index (χ0n) is 13.2. The monoisotopic (exact) mass is 286 g/mol. The summed E-state index contributed by atoms with van der Waals surface area (Å²) >= 11 is 0. The Hall–Kier alpha value is -1.37. The summed E-state index contributed by atoms with van der Waals surface area (Å²) in [7, 11) is 3.89. The van der Waals surface area contributed by atoms with Gasteiger partial charge in [0.2, 0.25) is 0 Å². The fourth-order valence-corrected chi connectivity index (χ4v) is 3.44. The van der Waals surface area contributed by atoms with E-state index in [1.165, 1.54) is 5.56 Å². The van der Waals surface area contributed by atoms with Crippen LogP contribution in [-0.2, 0) is 4.74 Å². The Labute approximate surface area is 128 Å². The van der Waals surface area contributed by atoms with Gasteiger partial charge in [0.1, 0.15) is 0 Å². The highest BCUT2D eigenvalue weighted by Crippen LogP contribution is 2.37. The summed E-state index contributed by atoms with van der Waals surface area (Å²) in [6, 6.07) is 13.6. The molecule has 21 heavy (non-hydrogen) atoms. The molecule has 1 aromatic carbocycles. The van der Waals surface area contributed by atoms with Gasteiger partial charge >= 0.3 is 0 Å². The zero-order chi connectivity index (χ0) is 15.1. The molecule has 0 bridgehead atoms. The molecule has 0 heterocycles. The highest BCUT2D eigenvalue weighted by Gasteiger charge is 2.33. The standard InChI is InChI=1S/C18H26N2O/c1-20(11-6-12-21-2)18-13-16(9-10-17(18)14-19)15-7-4-3-5-8-15/h3-5,7-8,16-18H,6,9-13H2,1-2H3. The molecule has 3 heteroatoms. The number of hydrogen-bond donors (Lipinski definition) is 0. The Balaban J connectivity index is 2.00. The molecule has 0 spiro atoms. The Kier molecular flexibility index (Phi) is 6.22. The minimum atomic E-state index is 0.164. The maximum absolute atomic E-state index is 9.44. The number of benzene rings is 1. The van der Waals surface area contributed by atoms with E-state index in [1.54, 1.807) is 7.11 Å². The Bertz CT molecular complexity index is 454. The molecule has 1 saturated carbocycles. The van der Waals surface area contributed by atoms with E-state index >= 15 is 0 Å². The Morgan fingerprint density at radius 3 is 2.71 bits per heavy atom. The maximum Gasteiger partial charge on any atom is 0.0672 e. The van der Waals surface area contributed by atoms with Crippen LogP contribution in [0.3, 0.4) is 0 Å². The molecule has 1 aromatic rings. The average Bonchev–Trinajstić information content (AvgIpc) is 2.55. The van der Waals surface area contributed by atoms with Crippen LogP contribution in [0.2, 0.25) is 0 Å². The Morgan fingerprint density at radius 2 is 2.05 bits per heavy atom. The van der Waals surface area contributed by atoms with Crippen molar-refractivity contribution < 1.29 is 4.74 Å². The van der Waals surface area contributed by atoms with Crippen LogP contribution < -0.4 is 0 Å². The molecule has 3 unspecified atom stereocenters. The number of ether oxygens (including phenoxy) is 1. The fourth-order valence-electron chi connectivity index (χ4n) is 3.44. The van der Waals surface area contributed by atoms with Crippen molar-refractivity contribution in [3.63, 3.8) is 0 Å². The number of nitriles is 1. The lowest BCUT2D eigenvalue weighted by molar-refractivity contribution is 0.124. The highest BCUT2D eigenvalue weighted by molar-refractivity contribution is 5.21. The lowest BCUT2D eigenvalue weighted by atomic mass is 9.75. The molecule has 0 N–H and O–H groups in total. The van der Waals surface area contributed by atoms with Crippen molar-refractivity contribution in [2.45, 2.75) is 37.6 Å². The summed E-state index contributed by atoms with van der Waals surface area (Å²) in [5.41, 5.74) is 1.42. The molecule has 3 nitrogen and oxygen atoms in total. The second kappa shape index (κ2) is 8.17. The third-order valence-corrected chi connectivity index (χ3v) is 4.68. The van der Waals surface area contributed by atoms with Gasteiger partial charge in [0, 0.05) is 26.3 Å². The van der Waals surface area contributed by atoms with E-state index in [0.29, 0.717) is 12.0 Å². The van der Waals surface area contributed by atoms with Crippen LogP contribution in [0.1, 0.15) is 37.2 Å². The van der Waals surface area contributed by atoms with Crippen molar-refractivity contribution in [1.29, 1.82) is 5.26 Å². The molecule has 0 amide bonds. The minimum absolute atomic E-state index is 0.164. The van der Waals surface area contributed by atoms with Crippen LogP contribution >= 0.6 is 0 Å². The number of hydrogen-bond acceptors (Lipinski definition) is 3. The maximum atomic E-state index is 9.44. The van der Waals surface area contributed by atoms with E-state index in [0.717, 1.165) is 38.8 Å². The van der Waals surface area contributed by atoms with E-state index < -0.39 is 0 Å². The summed E-state index contributed by atoms with van der Waals surface area (Å²) in [5, 5.41) is 9.44. The van der Waals surface area contributed by atoms with Gasteiger partial charge < -0.3 is 9.64 Å². The van der Waals surface area contributed by atoms with Crippen LogP contribution in [-0.4, -0.2) is 38.3 Å². The van der Waals surface area contributed by atoms with Crippen molar-refractivity contribution in [1.82, 2.24) is 4.90 Å². The van der Waals surface area contributed by atoms with Gasteiger partial charge in [-0.2, -0.15) is 5.26 Å². The van der Waals surface area contributed by atoms with Crippen LogP contribution in [0, 0.1) is 17.2 Å². The van der Waals surface area contributed by atoms with Gasteiger partial charge in [-0.05, 0) is 44.2 Å². The number of nitrogens with zero attached hydrogens (tertiary/aromatic N) is 2. The molecule has 0 aromatic heterocycles. The highest BCUT2D eigenvalue weighted by atomic mass is 16.5. The molecule has 0 radical (unpaired) electrons. The van der Waals surface area contributed by atoms with Crippen LogP contribution in [0.4, 0.5) is 0 Å². The third-order valence-electron chi connectivity index (χ3n) is 4.68. The first kappa shape index (κ1) is 16.0. The summed E-state index contributed by atoms with van der Waals surface area (Å²) in [6.45, 7) is 1.79. The fraction of sp³-hybridized carbons (Fsp3) is 0.611. The average molecular weight is 286 g/mol. The molecule has 114 valence electrons. The van der Waals surface area contributed by atoms with Gasteiger partial charge in [0.15, 0.2) is 0 Å². The van der Waals surface area contributed by atoms with Crippen LogP contribution in [0.25, 0.3) is 0 Å². The summed E-state index contributed by atoms with van der Waals surface area (Å²) in [5.74, 6) is 0.753. The summed E-state index contributed by atoms with van der Waals surface area (Å²) in [4.78, 5) is 2.36. The number of rotatable bonds is 6. The smallest absolute Gasteiger partial charge is 0.0672 e. The molecular formula is C18H26N2O. The van der Waals surface area contributed by atoms with Gasteiger partial charge in [-0.25, -0.2) is 0 Å². The van der Waals surface area contributed by atoms with Crippen LogP contribution in [0.5, 0.6) is 0 Å². The first-order valence-electron chi connectivity index (χ1n) is 7.90. The van der Waals surface area contributed by atoms with E-state index in [9.17, 15) is 5.26 Å². The van der Waals surface area contributed by atoms with Crippen molar-refractivity contribution in [3.8, 4) is 6.07 Å². The van der Waals surface area contributed by atoms with Crippen molar-refractivity contribution in [3.05, 3.63) is 35.9 Å². The Morgan fingerprint density at radius 1 is 1.29 bits per heavy atom. The topological polar surface area (TPSA) is 36.3 Å². The van der Waals surface area contributed by atoms with E-state index in [-0.39, 0.29) is 5.92 Å². The van der Waals surface area contributed by atoms with Gasteiger partial charge in [0.25, 0.3) is 0 Å². The normalized spacial score (nSPS) is 25.7. The zero-order valence-corrected chi connectivity index (χ0v) is 13.2. The SMILES string of the molecule is COCCCN(C)C1CC(c2ccccc2)CCC1C#N. The molecule has 0 saturated heterocycles. The minimum Gasteiger partial charge on any atom is -0.385 e. The van der Waals surface area contributed by atoms with E-state index in [1.807, 2.05) is 0 Å². The molecule has 1 fully saturated rings. The first-order valence-corrected chi connectivity index (χ1v) is 7.90. The van der Waals surface area contributed by atoms with Crippen molar-refractivity contribution >= 4 is 0 Å². The van der Waals surface area contributed by atoms with Gasteiger partial charge in [-0.15, -0.1) is 0 Å². The predicted molar refractivity (Wildman–Crippen MR) is 85.0 cm³/mol. The van der Waals surface area contributed by atoms with E-state index in [2.05, 4.69) is 48.3 Å². The molecule has 1 aliphatic carbocycles. The largest absolute Gasteiger partial charge is 0.385 e. The second-order valence-corrected chi connectivity index (χ2v) is 6.05. The third kappa shape index (κ3) is 4.30. The van der Waals surface area contributed by atoms with Crippen LogP contribution in [0.15, 0.2) is 30.3 Å².